The molecule has 1 aliphatic carbocycles. The number of alkyl halides is 6. The molecular formula is C37H32BrF6NO4. The number of halogens is 7. The molecule has 0 bridgehead atoms. The highest BCUT2D eigenvalue weighted by molar-refractivity contribution is 9.10. The summed E-state index contributed by atoms with van der Waals surface area (Å²) in [5.41, 5.74) is 0.377. The predicted molar refractivity (Wildman–Crippen MR) is 175 cm³/mol. The lowest BCUT2D eigenvalue weighted by Gasteiger charge is -2.32. The maximum atomic E-state index is 13.9. The smallest absolute Gasteiger partial charge is 0.416 e. The van der Waals surface area contributed by atoms with Crippen molar-refractivity contribution >= 4 is 45.1 Å². The van der Waals surface area contributed by atoms with Crippen molar-refractivity contribution in [1.82, 2.24) is 0 Å². The van der Waals surface area contributed by atoms with Gasteiger partial charge in [-0.05, 0) is 84.9 Å². The van der Waals surface area contributed by atoms with Crippen LogP contribution in [0, 0.1) is 17.8 Å². The molecule has 0 radical (unpaired) electrons. The van der Waals surface area contributed by atoms with Crippen molar-refractivity contribution < 1.29 is 45.8 Å². The molecule has 49 heavy (non-hydrogen) atoms. The number of fused-ring (bicyclic) bond motifs is 3. The van der Waals surface area contributed by atoms with E-state index in [4.69, 9.17) is 4.74 Å². The van der Waals surface area contributed by atoms with Crippen LogP contribution in [-0.2, 0) is 26.7 Å². The van der Waals surface area contributed by atoms with Crippen LogP contribution in [0.1, 0.15) is 61.3 Å². The van der Waals surface area contributed by atoms with Gasteiger partial charge in [-0.3, -0.25) is 9.59 Å². The third kappa shape index (κ3) is 6.94. The summed E-state index contributed by atoms with van der Waals surface area (Å²) in [6.45, 7) is 2.06. The minimum absolute atomic E-state index is 0.0217. The molecule has 2 heterocycles. The van der Waals surface area contributed by atoms with Crippen molar-refractivity contribution in [2.75, 3.05) is 11.5 Å². The van der Waals surface area contributed by atoms with Gasteiger partial charge in [0.05, 0.1) is 41.4 Å². The number of phenols is 1. The number of carbonyl (C=O) groups excluding carboxylic acids is 2. The van der Waals surface area contributed by atoms with Crippen molar-refractivity contribution in [2.24, 2.45) is 17.8 Å². The monoisotopic (exact) mass is 747 g/mol. The fourth-order valence-electron chi connectivity index (χ4n) is 7.40. The zero-order valence-corrected chi connectivity index (χ0v) is 27.8. The lowest BCUT2D eigenvalue weighted by molar-refractivity contribution is -0.143. The summed E-state index contributed by atoms with van der Waals surface area (Å²) < 4.78 is 89.1. The minimum Gasteiger partial charge on any atom is -0.507 e. The molecule has 3 aliphatic rings. The average Bonchev–Trinajstić information content (AvgIpc) is 3.58. The molecule has 3 aromatic carbocycles. The fraction of sp³-hybridized carbons (Fsp3) is 0.351. The number of carbonyl (C=O) groups is 2. The number of benzene rings is 3. The number of allylic oxidation sites excluding steroid dienone is 2. The fourth-order valence-corrected chi connectivity index (χ4v) is 7.78. The van der Waals surface area contributed by atoms with Crippen molar-refractivity contribution in [2.45, 2.75) is 57.5 Å². The molecule has 0 spiro atoms. The quantitative estimate of drug-likeness (QED) is 0.108. The zero-order valence-electron chi connectivity index (χ0n) is 26.2. The Morgan fingerprint density at radius 2 is 1.61 bits per heavy atom. The van der Waals surface area contributed by atoms with Crippen LogP contribution in [-0.4, -0.2) is 29.6 Å². The maximum absolute atomic E-state index is 13.9. The molecule has 2 aliphatic heterocycles. The maximum Gasteiger partial charge on any atom is 0.416 e. The zero-order chi connectivity index (χ0) is 35.2. The van der Waals surface area contributed by atoms with E-state index in [9.17, 15) is 41.0 Å². The molecule has 6 rings (SSSR count). The third-order valence-electron chi connectivity index (χ3n) is 9.53. The Labute approximate surface area is 287 Å². The van der Waals surface area contributed by atoms with Gasteiger partial charge in [-0.2, -0.15) is 26.3 Å². The number of imide groups is 1. The Morgan fingerprint density at radius 3 is 2.24 bits per heavy atom. The molecule has 12 heteroatoms. The standard InChI is InChI=1S/C37H32BrF6NO4/c1-2-6-22-15-28-33(35(48)45(34(28)47)27-17-24(36(39,40)41)16-25(18-27)37(42,43)44)29-19-49-31(32(22)29)12-9-21(20-7-4-3-5-8-20)13-23-14-26(38)10-11-30(23)46/h3-5,7-8,10-11,13-14,16-18,28-29,31,33,46H,2,6,9,12,15,19H2,1H3/b21-13-/t28-,29+,31-,33-/m1/s1. The first-order chi connectivity index (χ1) is 23.2. The Morgan fingerprint density at radius 1 is 0.939 bits per heavy atom. The van der Waals surface area contributed by atoms with Crippen LogP contribution >= 0.6 is 15.9 Å². The molecule has 0 unspecified atom stereocenters. The van der Waals surface area contributed by atoms with E-state index in [0.29, 0.717) is 41.9 Å². The van der Waals surface area contributed by atoms with Gasteiger partial charge in [0.2, 0.25) is 11.8 Å². The van der Waals surface area contributed by atoms with Gasteiger partial charge in [0, 0.05) is 16.0 Å². The van der Waals surface area contributed by atoms with E-state index in [0.717, 1.165) is 33.2 Å². The van der Waals surface area contributed by atoms with Gasteiger partial charge in [-0.25, -0.2) is 4.90 Å². The molecule has 4 atom stereocenters. The Bertz CT molecular complexity index is 1800. The first-order valence-corrected chi connectivity index (χ1v) is 16.7. The number of anilines is 1. The summed E-state index contributed by atoms with van der Waals surface area (Å²) in [5, 5.41) is 10.5. The molecule has 1 N–H and O–H groups in total. The van der Waals surface area contributed by atoms with Crippen LogP contribution in [0.15, 0.2) is 82.3 Å². The van der Waals surface area contributed by atoms with Crippen molar-refractivity contribution in [3.05, 3.63) is 105 Å². The van der Waals surface area contributed by atoms with Gasteiger partial charge in [0.1, 0.15) is 5.75 Å². The highest BCUT2D eigenvalue weighted by atomic mass is 79.9. The Kier molecular flexibility index (Phi) is 9.58. The van der Waals surface area contributed by atoms with Crippen LogP contribution < -0.4 is 4.90 Å². The summed E-state index contributed by atoms with van der Waals surface area (Å²) >= 11 is 3.45. The average molecular weight is 749 g/mol. The number of amides is 2. The van der Waals surface area contributed by atoms with Crippen molar-refractivity contribution in [3.63, 3.8) is 0 Å². The molecule has 258 valence electrons. The van der Waals surface area contributed by atoms with Crippen LogP contribution in [0.2, 0.25) is 0 Å². The van der Waals surface area contributed by atoms with E-state index in [-0.39, 0.29) is 24.8 Å². The van der Waals surface area contributed by atoms with Gasteiger partial charge in [-0.1, -0.05) is 65.2 Å². The van der Waals surface area contributed by atoms with Crippen LogP contribution in [0.4, 0.5) is 32.0 Å². The van der Waals surface area contributed by atoms with Crippen LogP contribution in [0.3, 0.4) is 0 Å². The topological polar surface area (TPSA) is 66.8 Å². The molecule has 5 nitrogen and oxygen atoms in total. The number of nitrogens with zero attached hydrogens (tertiary/aromatic N) is 1. The summed E-state index contributed by atoms with van der Waals surface area (Å²) in [5.74, 6) is -3.95. The number of ether oxygens (including phenoxy) is 1. The van der Waals surface area contributed by atoms with Crippen LogP contribution in [0.25, 0.3) is 11.6 Å². The lowest BCUT2D eigenvalue weighted by atomic mass is 9.68. The second kappa shape index (κ2) is 13.4. The van der Waals surface area contributed by atoms with E-state index in [1.54, 1.807) is 18.2 Å². The summed E-state index contributed by atoms with van der Waals surface area (Å²) in [4.78, 5) is 28.2. The van der Waals surface area contributed by atoms with Gasteiger partial charge < -0.3 is 9.84 Å². The summed E-state index contributed by atoms with van der Waals surface area (Å²) in [6, 6.07) is 15.6. The predicted octanol–water partition coefficient (Wildman–Crippen LogP) is 9.83. The Hall–Kier alpha value is -3.90. The van der Waals surface area contributed by atoms with E-state index >= 15 is 0 Å². The summed E-state index contributed by atoms with van der Waals surface area (Å²) in [6.07, 6.45) is -6.26. The molecule has 3 aromatic rings. The summed E-state index contributed by atoms with van der Waals surface area (Å²) in [7, 11) is 0. The molecule has 0 aromatic heterocycles. The molecule has 2 amide bonds. The second-order valence-corrected chi connectivity index (χ2v) is 13.5. The first-order valence-electron chi connectivity index (χ1n) is 15.9. The lowest BCUT2D eigenvalue weighted by Crippen LogP contribution is -2.34. The van der Waals surface area contributed by atoms with Gasteiger partial charge in [0.25, 0.3) is 0 Å². The number of hydrogen-bond acceptors (Lipinski definition) is 4. The molecular weight excluding hydrogens is 716 g/mol. The van der Waals surface area contributed by atoms with E-state index in [2.05, 4.69) is 15.9 Å². The van der Waals surface area contributed by atoms with Crippen molar-refractivity contribution in [3.8, 4) is 5.75 Å². The van der Waals surface area contributed by atoms with Crippen LogP contribution in [0.5, 0.6) is 5.75 Å². The van der Waals surface area contributed by atoms with E-state index in [1.165, 1.54) is 0 Å². The third-order valence-corrected chi connectivity index (χ3v) is 10.0. The normalized spacial score (nSPS) is 22.9. The van der Waals surface area contributed by atoms with Gasteiger partial charge >= 0.3 is 12.4 Å². The first kappa shape index (κ1) is 34.9. The highest BCUT2D eigenvalue weighted by Gasteiger charge is 2.57. The molecule has 2 saturated heterocycles. The van der Waals surface area contributed by atoms with E-state index in [1.807, 2.05) is 43.3 Å². The van der Waals surface area contributed by atoms with Gasteiger partial charge in [-0.15, -0.1) is 0 Å². The van der Waals surface area contributed by atoms with Gasteiger partial charge in [0.15, 0.2) is 0 Å². The number of hydrogen-bond donors (Lipinski definition) is 1. The minimum atomic E-state index is -5.13. The van der Waals surface area contributed by atoms with Crippen molar-refractivity contribution in [1.29, 1.82) is 0 Å². The number of rotatable bonds is 8. The number of aromatic hydroxyl groups is 1. The molecule has 0 saturated carbocycles. The Balaban J connectivity index is 1.32. The highest BCUT2D eigenvalue weighted by Crippen LogP contribution is 2.52. The molecule has 2 fully saturated rings. The largest absolute Gasteiger partial charge is 0.507 e. The second-order valence-electron chi connectivity index (χ2n) is 12.6. The van der Waals surface area contributed by atoms with E-state index < -0.39 is 64.8 Å². The number of phenolic OH excluding ortho intramolecular Hbond substituents is 1. The SMILES string of the molecule is CCCC1=C2[C@@H](CC/C(=C/c3cc(Br)ccc3O)c3ccccc3)OC[C@@H]2[C@@H]2C(=O)N(c3cc(C(F)(F)F)cc(C(F)(F)F)c3)C(=O)[C@@H]2C1.